The van der Waals surface area contributed by atoms with Crippen molar-refractivity contribution in [2.45, 2.75) is 58.4 Å². The molecule has 0 aliphatic carbocycles. The standard InChI is InChI=1S/C19H33N3O4/c1-15(2)20-19(25)16-7-11-22(12-8-16)18(24)14-26-13-17(23)21-9-5-3-4-6-10-21/h15-16H,3-14H2,1-2H3,(H,20,25). The molecule has 148 valence electrons. The van der Waals surface area contributed by atoms with Crippen molar-refractivity contribution >= 4 is 17.7 Å². The number of ether oxygens (including phenoxy) is 1. The Balaban J connectivity index is 1.64. The number of hydrogen-bond acceptors (Lipinski definition) is 4. The zero-order valence-corrected chi connectivity index (χ0v) is 16.2. The molecule has 0 bridgehead atoms. The van der Waals surface area contributed by atoms with Gasteiger partial charge < -0.3 is 19.9 Å². The molecule has 26 heavy (non-hydrogen) atoms. The van der Waals surface area contributed by atoms with E-state index in [-0.39, 0.29) is 42.9 Å². The van der Waals surface area contributed by atoms with Gasteiger partial charge in [-0.05, 0) is 39.5 Å². The van der Waals surface area contributed by atoms with Crippen molar-refractivity contribution in [3.8, 4) is 0 Å². The van der Waals surface area contributed by atoms with Crippen molar-refractivity contribution in [2.24, 2.45) is 5.92 Å². The number of likely N-dealkylation sites (tertiary alicyclic amines) is 2. The number of carbonyl (C=O) groups excluding carboxylic acids is 3. The second-order valence-electron chi connectivity index (χ2n) is 7.61. The van der Waals surface area contributed by atoms with Crippen LogP contribution in [0.25, 0.3) is 0 Å². The first kappa shape index (κ1) is 20.7. The molecular weight excluding hydrogens is 334 g/mol. The molecule has 0 spiro atoms. The van der Waals surface area contributed by atoms with Crippen molar-refractivity contribution in [1.29, 1.82) is 0 Å². The third kappa shape index (κ3) is 6.59. The number of hydrogen-bond donors (Lipinski definition) is 1. The first-order valence-corrected chi connectivity index (χ1v) is 9.91. The summed E-state index contributed by atoms with van der Waals surface area (Å²) in [6, 6.07) is 0.136. The van der Waals surface area contributed by atoms with Gasteiger partial charge in [-0.3, -0.25) is 14.4 Å². The molecule has 2 aliphatic rings. The fraction of sp³-hybridized carbons (Fsp3) is 0.842. The molecule has 0 aromatic rings. The van der Waals surface area contributed by atoms with Crippen LogP contribution in [0.4, 0.5) is 0 Å². The fourth-order valence-electron chi connectivity index (χ4n) is 3.52. The molecule has 0 radical (unpaired) electrons. The van der Waals surface area contributed by atoms with Gasteiger partial charge in [0.05, 0.1) is 0 Å². The molecule has 7 nitrogen and oxygen atoms in total. The summed E-state index contributed by atoms with van der Waals surface area (Å²) in [5, 5.41) is 2.93. The van der Waals surface area contributed by atoms with Crippen LogP contribution in [-0.4, -0.2) is 73.0 Å². The van der Waals surface area contributed by atoms with E-state index < -0.39 is 0 Å². The first-order valence-electron chi connectivity index (χ1n) is 9.91. The van der Waals surface area contributed by atoms with E-state index in [4.69, 9.17) is 4.74 Å². The van der Waals surface area contributed by atoms with Crippen LogP contribution in [0.3, 0.4) is 0 Å². The van der Waals surface area contributed by atoms with E-state index in [9.17, 15) is 14.4 Å². The summed E-state index contributed by atoms with van der Waals surface area (Å²) in [6.45, 7) is 6.52. The maximum Gasteiger partial charge on any atom is 0.248 e. The van der Waals surface area contributed by atoms with Crippen molar-refractivity contribution < 1.29 is 19.1 Å². The number of nitrogens with one attached hydrogen (secondary N) is 1. The lowest BCUT2D eigenvalue weighted by molar-refractivity contribution is -0.144. The molecule has 2 aliphatic heterocycles. The lowest BCUT2D eigenvalue weighted by atomic mass is 9.95. The summed E-state index contributed by atoms with van der Waals surface area (Å²) < 4.78 is 5.37. The van der Waals surface area contributed by atoms with E-state index in [1.54, 1.807) is 4.90 Å². The highest BCUT2D eigenvalue weighted by Gasteiger charge is 2.27. The largest absolute Gasteiger partial charge is 0.362 e. The lowest BCUT2D eigenvalue weighted by Gasteiger charge is -2.31. The second-order valence-corrected chi connectivity index (χ2v) is 7.61. The van der Waals surface area contributed by atoms with Gasteiger partial charge in [0.15, 0.2) is 0 Å². The molecule has 0 saturated carbocycles. The van der Waals surface area contributed by atoms with Gasteiger partial charge in [0.1, 0.15) is 13.2 Å². The third-order valence-corrected chi connectivity index (χ3v) is 5.06. The summed E-state index contributed by atoms with van der Waals surface area (Å²) in [4.78, 5) is 40.0. The minimum Gasteiger partial charge on any atom is -0.362 e. The Morgan fingerprint density at radius 3 is 1.88 bits per heavy atom. The maximum absolute atomic E-state index is 12.2. The van der Waals surface area contributed by atoms with Gasteiger partial charge in [-0.25, -0.2) is 0 Å². The molecule has 0 aromatic carbocycles. The SMILES string of the molecule is CC(C)NC(=O)C1CCN(C(=O)COCC(=O)N2CCCCCC2)CC1. The quantitative estimate of drug-likeness (QED) is 0.764. The van der Waals surface area contributed by atoms with Crippen LogP contribution >= 0.6 is 0 Å². The molecule has 2 saturated heterocycles. The van der Waals surface area contributed by atoms with E-state index in [1.807, 2.05) is 18.7 Å². The number of rotatable bonds is 6. The Morgan fingerprint density at radius 1 is 0.885 bits per heavy atom. The van der Waals surface area contributed by atoms with Gasteiger partial charge in [0.2, 0.25) is 17.7 Å². The normalized spacial score (nSPS) is 19.3. The zero-order valence-electron chi connectivity index (χ0n) is 16.2. The Morgan fingerprint density at radius 2 is 1.38 bits per heavy atom. The van der Waals surface area contributed by atoms with Gasteiger partial charge in [-0.1, -0.05) is 12.8 Å². The van der Waals surface area contributed by atoms with Crippen LogP contribution in [0.1, 0.15) is 52.4 Å². The molecule has 2 rings (SSSR count). The fourth-order valence-corrected chi connectivity index (χ4v) is 3.52. The molecule has 3 amide bonds. The summed E-state index contributed by atoms with van der Waals surface area (Å²) in [6.07, 6.45) is 5.80. The van der Waals surface area contributed by atoms with E-state index in [0.717, 1.165) is 25.9 Å². The van der Waals surface area contributed by atoms with Crippen molar-refractivity contribution in [2.75, 3.05) is 39.4 Å². The first-order chi connectivity index (χ1) is 12.5. The van der Waals surface area contributed by atoms with E-state index in [0.29, 0.717) is 25.9 Å². The molecule has 0 atom stereocenters. The molecule has 2 heterocycles. The molecule has 7 heteroatoms. The number of carbonyl (C=O) groups is 3. The Kier molecular flexibility index (Phi) is 8.35. The maximum atomic E-state index is 12.2. The Labute approximate surface area is 156 Å². The third-order valence-electron chi connectivity index (χ3n) is 5.06. The Hall–Kier alpha value is -1.63. The predicted octanol–water partition coefficient (Wildman–Crippen LogP) is 1.17. The summed E-state index contributed by atoms with van der Waals surface area (Å²) >= 11 is 0. The highest BCUT2D eigenvalue weighted by Crippen LogP contribution is 2.17. The molecule has 1 N–H and O–H groups in total. The summed E-state index contributed by atoms with van der Waals surface area (Å²) in [5.74, 6) is -0.0708. The van der Waals surface area contributed by atoms with Gasteiger partial charge in [0.25, 0.3) is 0 Å². The minimum absolute atomic E-state index is 0.0213. The molecule has 2 fully saturated rings. The molecule has 0 aromatic heterocycles. The second kappa shape index (κ2) is 10.5. The van der Waals surface area contributed by atoms with Crippen LogP contribution < -0.4 is 5.32 Å². The van der Waals surface area contributed by atoms with Crippen LogP contribution in [-0.2, 0) is 19.1 Å². The van der Waals surface area contributed by atoms with Gasteiger partial charge in [-0.2, -0.15) is 0 Å². The average molecular weight is 367 g/mol. The monoisotopic (exact) mass is 367 g/mol. The van der Waals surface area contributed by atoms with E-state index in [1.165, 1.54) is 12.8 Å². The van der Waals surface area contributed by atoms with Gasteiger partial charge in [-0.15, -0.1) is 0 Å². The average Bonchev–Trinajstić information content (AvgIpc) is 2.90. The zero-order chi connectivity index (χ0) is 18.9. The predicted molar refractivity (Wildman–Crippen MR) is 98.4 cm³/mol. The van der Waals surface area contributed by atoms with Crippen LogP contribution in [0.5, 0.6) is 0 Å². The number of piperidine rings is 1. The van der Waals surface area contributed by atoms with Crippen molar-refractivity contribution in [3.63, 3.8) is 0 Å². The van der Waals surface area contributed by atoms with Crippen molar-refractivity contribution in [3.05, 3.63) is 0 Å². The number of amides is 3. The van der Waals surface area contributed by atoms with E-state index >= 15 is 0 Å². The molecule has 0 unspecified atom stereocenters. The van der Waals surface area contributed by atoms with Gasteiger partial charge >= 0.3 is 0 Å². The number of nitrogens with zero attached hydrogens (tertiary/aromatic N) is 2. The Bertz CT molecular complexity index is 479. The molecular formula is C19H33N3O4. The topological polar surface area (TPSA) is 79.0 Å². The van der Waals surface area contributed by atoms with Crippen LogP contribution in [0.2, 0.25) is 0 Å². The van der Waals surface area contributed by atoms with Crippen molar-refractivity contribution in [1.82, 2.24) is 15.1 Å². The highest BCUT2D eigenvalue weighted by molar-refractivity contribution is 5.81. The van der Waals surface area contributed by atoms with Gasteiger partial charge in [0, 0.05) is 38.1 Å². The summed E-state index contributed by atoms with van der Waals surface area (Å²) in [5.41, 5.74) is 0. The highest BCUT2D eigenvalue weighted by atomic mass is 16.5. The minimum atomic E-state index is -0.101. The lowest BCUT2D eigenvalue weighted by Crippen LogP contribution is -2.45. The summed E-state index contributed by atoms with van der Waals surface area (Å²) in [7, 11) is 0. The van der Waals surface area contributed by atoms with Crippen LogP contribution in [0, 0.1) is 5.92 Å². The smallest absolute Gasteiger partial charge is 0.248 e. The van der Waals surface area contributed by atoms with Crippen LogP contribution in [0.15, 0.2) is 0 Å². The van der Waals surface area contributed by atoms with E-state index in [2.05, 4.69) is 5.32 Å².